The summed E-state index contributed by atoms with van der Waals surface area (Å²) < 4.78 is 5.87. The van der Waals surface area contributed by atoms with E-state index in [4.69, 9.17) is 4.42 Å². The number of hydrogen-bond acceptors (Lipinski definition) is 1. The van der Waals surface area contributed by atoms with Gasteiger partial charge in [-0.15, -0.1) is 0 Å². The Morgan fingerprint density at radius 1 is 0.522 bits per heavy atom. The molecule has 0 fully saturated rings. The molecule has 0 unspecified atom stereocenters. The first-order valence-electron chi connectivity index (χ1n) is 7.64. The molecule has 0 spiro atoms. The van der Waals surface area contributed by atoms with Gasteiger partial charge in [0.1, 0.15) is 5.76 Å². The molecule has 23 heavy (non-hydrogen) atoms. The van der Waals surface area contributed by atoms with Gasteiger partial charge in [0.25, 0.3) is 0 Å². The van der Waals surface area contributed by atoms with E-state index >= 15 is 0 Å². The first-order valence-corrected chi connectivity index (χ1v) is 7.64. The number of hydrogen-bond donors (Lipinski definition) is 0. The van der Waals surface area contributed by atoms with Crippen molar-refractivity contribution in [2.75, 3.05) is 0 Å². The fourth-order valence-corrected chi connectivity index (χ4v) is 2.80. The van der Waals surface area contributed by atoms with Gasteiger partial charge in [-0.1, -0.05) is 91.0 Å². The van der Waals surface area contributed by atoms with Crippen molar-refractivity contribution in [1.29, 1.82) is 0 Å². The molecule has 4 aromatic rings. The van der Waals surface area contributed by atoms with Gasteiger partial charge in [0.05, 0.1) is 0 Å². The maximum Gasteiger partial charge on any atom is 0.179 e. The van der Waals surface area contributed by atoms with Crippen molar-refractivity contribution < 1.29 is 4.42 Å². The summed E-state index contributed by atoms with van der Waals surface area (Å²) in [5, 5.41) is 0. The van der Waals surface area contributed by atoms with E-state index in [1.165, 1.54) is 0 Å². The third-order valence-electron chi connectivity index (χ3n) is 3.89. The van der Waals surface area contributed by atoms with Crippen LogP contribution < -0.4 is 0 Å². The van der Waals surface area contributed by atoms with Crippen LogP contribution in [0.1, 0.15) is 0 Å². The van der Waals surface area contributed by atoms with Gasteiger partial charge in [0.15, 0.2) is 6.26 Å². The van der Waals surface area contributed by atoms with E-state index in [0.29, 0.717) is 0 Å². The predicted molar refractivity (Wildman–Crippen MR) is 93.9 cm³/mol. The topological polar surface area (TPSA) is 13.1 Å². The zero-order valence-electron chi connectivity index (χ0n) is 12.6. The summed E-state index contributed by atoms with van der Waals surface area (Å²) in [4.78, 5) is 0. The summed E-state index contributed by atoms with van der Waals surface area (Å²) in [6.07, 6.45) is 3.11. The molecule has 1 heteroatoms. The highest BCUT2D eigenvalue weighted by Gasteiger charge is 2.18. The first kappa shape index (κ1) is 13.6. The van der Waals surface area contributed by atoms with Gasteiger partial charge >= 0.3 is 0 Å². The lowest BCUT2D eigenvalue weighted by Gasteiger charge is -2.07. The quantitative estimate of drug-likeness (QED) is 0.446. The van der Waals surface area contributed by atoms with Crippen LogP contribution in [0.25, 0.3) is 33.6 Å². The molecule has 1 aromatic heterocycles. The zero-order valence-corrected chi connectivity index (χ0v) is 12.6. The van der Waals surface area contributed by atoms with E-state index in [1.807, 2.05) is 54.6 Å². The Hall–Kier alpha value is -3.06. The molecule has 4 rings (SSSR count). The first-order chi connectivity index (χ1) is 11.4. The van der Waals surface area contributed by atoms with E-state index in [1.54, 1.807) is 0 Å². The highest BCUT2D eigenvalue weighted by molar-refractivity contribution is 5.91. The molecule has 1 radical (unpaired) electrons. The maximum atomic E-state index is 5.87. The molecule has 0 aliphatic carbocycles. The molecule has 0 bridgehead atoms. The zero-order chi connectivity index (χ0) is 15.5. The third kappa shape index (κ3) is 2.58. The minimum absolute atomic E-state index is 0.857. The Labute approximate surface area is 135 Å². The standard InChI is InChI=1S/C22H15O/c1-4-10-17(11-5-1)20-16-23-22(19-14-8-3-9-15-19)21(20)18-12-6-2-7-13-18/h1-15H. The molecular weight excluding hydrogens is 280 g/mol. The van der Waals surface area contributed by atoms with E-state index in [2.05, 4.69) is 42.7 Å². The molecule has 0 atom stereocenters. The molecule has 1 heterocycles. The van der Waals surface area contributed by atoms with Gasteiger partial charge in [0, 0.05) is 16.7 Å². The Balaban J connectivity index is 1.97. The van der Waals surface area contributed by atoms with E-state index in [-0.39, 0.29) is 0 Å². The Morgan fingerprint density at radius 2 is 1.00 bits per heavy atom. The Morgan fingerprint density at radius 3 is 1.57 bits per heavy atom. The van der Waals surface area contributed by atoms with Gasteiger partial charge in [-0.25, -0.2) is 0 Å². The molecular formula is C22H15O. The minimum atomic E-state index is 0.857. The summed E-state index contributed by atoms with van der Waals surface area (Å²) in [7, 11) is 0. The van der Waals surface area contributed by atoms with Crippen LogP contribution in [-0.4, -0.2) is 0 Å². The van der Waals surface area contributed by atoms with Crippen LogP contribution in [0.15, 0.2) is 95.4 Å². The molecule has 3 aromatic carbocycles. The normalized spacial score (nSPS) is 10.6. The summed E-state index contributed by atoms with van der Waals surface area (Å²) in [5.74, 6) is 0.857. The maximum absolute atomic E-state index is 5.87. The lowest BCUT2D eigenvalue weighted by molar-refractivity contribution is 0.574. The van der Waals surface area contributed by atoms with Crippen molar-refractivity contribution >= 4 is 0 Å². The van der Waals surface area contributed by atoms with Crippen molar-refractivity contribution in [2.24, 2.45) is 0 Å². The average Bonchev–Trinajstić information content (AvgIpc) is 3.09. The van der Waals surface area contributed by atoms with Crippen LogP contribution in [0.4, 0.5) is 0 Å². The summed E-state index contributed by atoms with van der Waals surface area (Å²) in [6.45, 7) is 0. The van der Waals surface area contributed by atoms with E-state index < -0.39 is 0 Å². The summed E-state index contributed by atoms with van der Waals surface area (Å²) in [5.41, 5.74) is 5.39. The van der Waals surface area contributed by atoms with Crippen LogP contribution in [0.3, 0.4) is 0 Å². The highest BCUT2D eigenvalue weighted by atomic mass is 16.3. The highest BCUT2D eigenvalue weighted by Crippen LogP contribution is 2.41. The summed E-state index contributed by atoms with van der Waals surface area (Å²) in [6, 6.07) is 30.8. The molecule has 0 saturated heterocycles. The Kier molecular flexibility index (Phi) is 3.53. The lowest BCUT2D eigenvalue weighted by Crippen LogP contribution is -1.83. The van der Waals surface area contributed by atoms with E-state index in [9.17, 15) is 0 Å². The number of rotatable bonds is 3. The van der Waals surface area contributed by atoms with Gasteiger partial charge in [-0.05, 0) is 11.1 Å². The molecule has 0 amide bonds. The van der Waals surface area contributed by atoms with Crippen LogP contribution in [0.5, 0.6) is 0 Å². The van der Waals surface area contributed by atoms with Crippen LogP contribution in [0.2, 0.25) is 0 Å². The van der Waals surface area contributed by atoms with Gasteiger partial charge < -0.3 is 4.42 Å². The SMILES string of the molecule is [c]1oc(-c2ccccc2)c(-c2ccccc2)c1-c1ccccc1. The monoisotopic (exact) mass is 295 g/mol. The molecule has 1 nitrogen and oxygen atoms in total. The summed E-state index contributed by atoms with van der Waals surface area (Å²) >= 11 is 0. The third-order valence-corrected chi connectivity index (χ3v) is 3.89. The average molecular weight is 295 g/mol. The molecule has 0 aliphatic rings. The van der Waals surface area contributed by atoms with Crippen LogP contribution in [-0.2, 0) is 0 Å². The van der Waals surface area contributed by atoms with Crippen molar-refractivity contribution in [2.45, 2.75) is 0 Å². The second-order valence-corrected chi connectivity index (χ2v) is 5.38. The van der Waals surface area contributed by atoms with Crippen molar-refractivity contribution in [3.05, 3.63) is 97.3 Å². The van der Waals surface area contributed by atoms with E-state index in [0.717, 1.165) is 33.6 Å². The predicted octanol–water partition coefficient (Wildman–Crippen LogP) is 6.08. The second-order valence-electron chi connectivity index (χ2n) is 5.38. The molecule has 0 saturated carbocycles. The van der Waals surface area contributed by atoms with Crippen molar-refractivity contribution in [3.8, 4) is 33.6 Å². The second kappa shape index (κ2) is 5.98. The molecule has 0 aliphatic heterocycles. The lowest BCUT2D eigenvalue weighted by atomic mass is 9.95. The molecule has 0 N–H and O–H groups in total. The van der Waals surface area contributed by atoms with Crippen LogP contribution >= 0.6 is 0 Å². The van der Waals surface area contributed by atoms with Crippen molar-refractivity contribution in [1.82, 2.24) is 0 Å². The van der Waals surface area contributed by atoms with Gasteiger partial charge in [-0.2, -0.15) is 0 Å². The smallest absolute Gasteiger partial charge is 0.179 e. The largest absolute Gasteiger partial charge is 0.451 e. The Bertz CT molecular complexity index is 834. The fourth-order valence-electron chi connectivity index (χ4n) is 2.80. The van der Waals surface area contributed by atoms with Gasteiger partial charge in [0.2, 0.25) is 0 Å². The number of furan rings is 1. The minimum Gasteiger partial charge on any atom is -0.451 e. The van der Waals surface area contributed by atoms with Crippen molar-refractivity contribution in [3.63, 3.8) is 0 Å². The number of benzene rings is 3. The van der Waals surface area contributed by atoms with Gasteiger partial charge in [-0.3, -0.25) is 0 Å². The van der Waals surface area contributed by atoms with Crippen LogP contribution in [0, 0.1) is 6.26 Å². The molecule has 109 valence electrons. The fraction of sp³-hybridized carbons (Fsp3) is 0.